The van der Waals surface area contributed by atoms with Gasteiger partial charge in [-0.25, -0.2) is 9.48 Å². The Hall–Kier alpha value is -3.26. The quantitative estimate of drug-likeness (QED) is 0.484. The summed E-state index contributed by atoms with van der Waals surface area (Å²) in [7, 11) is 1.74. The Morgan fingerprint density at radius 1 is 1.07 bits per heavy atom. The number of nitrogens with one attached hydrogen (secondary N) is 1. The Kier molecular flexibility index (Phi) is 6.47. The van der Waals surface area contributed by atoms with E-state index in [1.165, 1.54) is 11.6 Å². The molecule has 0 aliphatic heterocycles. The van der Waals surface area contributed by atoms with Crippen molar-refractivity contribution in [1.82, 2.24) is 9.36 Å². The molecule has 0 bridgehead atoms. The number of aromatic nitrogens is 2. The third-order valence-corrected chi connectivity index (χ3v) is 5.52. The van der Waals surface area contributed by atoms with Crippen molar-refractivity contribution in [2.75, 3.05) is 11.6 Å². The number of benzene rings is 2. The normalized spacial score (nSPS) is 11.7. The molecule has 0 saturated heterocycles. The maximum absolute atomic E-state index is 12.9. The standard InChI is InChI=1S/C22H23N3O4S/c1-14-19(21(27)25(24(14)3)17-8-6-5-7-9-17)23-20(26)15(2)29-22(28)16-10-12-18(30-4)13-11-16/h5-13,15H,1-4H3,(H,23,26). The van der Waals surface area contributed by atoms with Crippen LogP contribution in [0.25, 0.3) is 5.69 Å². The Balaban J connectivity index is 1.75. The minimum Gasteiger partial charge on any atom is -0.449 e. The molecule has 2 aromatic carbocycles. The number of amides is 1. The first-order chi connectivity index (χ1) is 14.3. The highest BCUT2D eigenvalue weighted by atomic mass is 32.2. The summed E-state index contributed by atoms with van der Waals surface area (Å²) in [5.74, 6) is -1.17. The lowest BCUT2D eigenvalue weighted by atomic mass is 10.2. The first-order valence-electron chi connectivity index (χ1n) is 9.33. The predicted octanol–water partition coefficient (Wildman–Crippen LogP) is 3.39. The number of carbonyl (C=O) groups is 2. The zero-order valence-corrected chi connectivity index (χ0v) is 18.0. The summed E-state index contributed by atoms with van der Waals surface area (Å²) in [6, 6.07) is 16.1. The zero-order valence-electron chi connectivity index (χ0n) is 17.2. The second-order valence-corrected chi connectivity index (χ2v) is 7.58. The molecule has 1 atom stereocenters. The molecule has 1 unspecified atom stereocenters. The molecule has 1 heterocycles. The molecule has 1 N–H and O–H groups in total. The van der Waals surface area contributed by atoms with Crippen LogP contribution < -0.4 is 10.9 Å². The molecule has 1 aromatic heterocycles. The van der Waals surface area contributed by atoms with Crippen molar-refractivity contribution in [3.63, 3.8) is 0 Å². The molecule has 3 rings (SSSR count). The summed E-state index contributed by atoms with van der Waals surface area (Å²) in [4.78, 5) is 38.8. The van der Waals surface area contributed by atoms with Gasteiger partial charge >= 0.3 is 5.97 Å². The molecular formula is C22H23N3O4S. The van der Waals surface area contributed by atoms with Crippen LogP contribution in [0.5, 0.6) is 0 Å². The van der Waals surface area contributed by atoms with E-state index in [0.29, 0.717) is 16.9 Å². The van der Waals surface area contributed by atoms with E-state index in [1.54, 1.807) is 54.7 Å². The van der Waals surface area contributed by atoms with Crippen LogP contribution in [0.3, 0.4) is 0 Å². The minimum atomic E-state index is -1.07. The number of para-hydroxylation sites is 1. The maximum atomic E-state index is 12.9. The number of nitrogens with zero attached hydrogens (tertiary/aromatic N) is 2. The van der Waals surface area contributed by atoms with Gasteiger partial charge in [0.05, 0.1) is 16.9 Å². The highest BCUT2D eigenvalue weighted by Gasteiger charge is 2.23. The van der Waals surface area contributed by atoms with Gasteiger partial charge in [0.2, 0.25) is 0 Å². The molecule has 8 heteroatoms. The Morgan fingerprint density at radius 3 is 2.30 bits per heavy atom. The van der Waals surface area contributed by atoms with Crippen molar-refractivity contribution >= 4 is 29.3 Å². The van der Waals surface area contributed by atoms with Crippen LogP contribution in [0.15, 0.2) is 64.3 Å². The molecule has 156 valence electrons. The van der Waals surface area contributed by atoms with E-state index in [2.05, 4.69) is 5.32 Å². The number of hydrogen-bond donors (Lipinski definition) is 1. The summed E-state index contributed by atoms with van der Waals surface area (Å²) in [6.45, 7) is 3.21. The third kappa shape index (κ3) is 4.33. The van der Waals surface area contributed by atoms with E-state index < -0.39 is 18.0 Å². The zero-order chi connectivity index (χ0) is 21.8. The molecule has 1 amide bonds. The number of carbonyl (C=O) groups excluding carboxylic acids is 2. The van der Waals surface area contributed by atoms with Gasteiger partial charge < -0.3 is 10.1 Å². The number of rotatable bonds is 6. The first-order valence-corrected chi connectivity index (χ1v) is 10.6. The average Bonchev–Trinajstić information content (AvgIpc) is 2.97. The largest absolute Gasteiger partial charge is 0.449 e. The fourth-order valence-corrected chi connectivity index (χ4v) is 3.35. The lowest BCUT2D eigenvalue weighted by Crippen LogP contribution is -2.32. The third-order valence-electron chi connectivity index (χ3n) is 4.78. The van der Waals surface area contributed by atoms with Gasteiger partial charge in [0.15, 0.2) is 6.10 Å². The minimum absolute atomic E-state index is 0.151. The molecule has 3 aromatic rings. The maximum Gasteiger partial charge on any atom is 0.338 e. The Bertz CT molecular complexity index is 1120. The van der Waals surface area contributed by atoms with Gasteiger partial charge in [-0.3, -0.25) is 14.3 Å². The number of esters is 1. The van der Waals surface area contributed by atoms with Crippen molar-refractivity contribution in [3.05, 3.63) is 76.2 Å². The molecule has 30 heavy (non-hydrogen) atoms. The number of thioether (sulfide) groups is 1. The fourth-order valence-electron chi connectivity index (χ4n) is 2.95. The highest BCUT2D eigenvalue weighted by Crippen LogP contribution is 2.17. The predicted molar refractivity (Wildman–Crippen MR) is 117 cm³/mol. The molecular weight excluding hydrogens is 402 g/mol. The van der Waals surface area contributed by atoms with E-state index in [9.17, 15) is 14.4 Å². The first kappa shape index (κ1) is 21.4. The lowest BCUT2D eigenvalue weighted by Gasteiger charge is -2.13. The van der Waals surface area contributed by atoms with Gasteiger partial charge in [0, 0.05) is 11.9 Å². The van der Waals surface area contributed by atoms with Crippen LogP contribution in [0.4, 0.5) is 5.69 Å². The van der Waals surface area contributed by atoms with Crippen LogP contribution in [-0.2, 0) is 16.6 Å². The average molecular weight is 426 g/mol. The van der Waals surface area contributed by atoms with Crippen LogP contribution in [-0.4, -0.2) is 33.6 Å². The summed E-state index contributed by atoms with van der Waals surface area (Å²) < 4.78 is 8.40. The number of anilines is 1. The fraction of sp³-hybridized carbons (Fsp3) is 0.227. The van der Waals surface area contributed by atoms with Crippen LogP contribution in [0.1, 0.15) is 23.0 Å². The van der Waals surface area contributed by atoms with Crippen molar-refractivity contribution in [2.45, 2.75) is 24.8 Å². The molecule has 0 fully saturated rings. The number of ether oxygens (including phenoxy) is 1. The SMILES string of the molecule is CSc1ccc(C(=O)OC(C)C(=O)Nc2c(C)n(C)n(-c3ccccc3)c2=O)cc1. The highest BCUT2D eigenvalue weighted by molar-refractivity contribution is 7.98. The Morgan fingerprint density at radius 2 is 1.70 bits per heavy atom. The molecule has 7 nitrogen and oxygen atoms in total. The van der Waals surface area contributed by atoms with Gasteiger partial charge in [-0.15, -0.1) is 11.8 Å². The topological polar surface area (TPSA) is 82.3 Å². The van der Waals surface area contributed by atoms with E-state index in [4.69, 9.17) is 4.74 Å². The van der Waals surface area contributed by atoms with Crippen molar-refractivity contribution < 1.29 is 14.3 Å². The second kappa shape index (κ2) is 9.04. The van der Waals surface area contributed by atoms with Gasteiger partial charge in [0.25, 0.3) is 11.5 Å². The smallest absolute Gasteiger partial charge is 0.338 e. The van der Waals surface area contributed by atoms with E-state index in [1.807, 2.05) is 36.6 Å². The van der Waals surface area contributed by atoms with Crippen molar-refractivity contribution in [3.8, 4) is 5.69 Å². The molecule has 0 spiro atoms. The summed E-state index contributed by atoms with van der Waals surface area (Å²) in [6.07, 6.45) is 0.874. The lowest BCUT2D eigenvalue weighted by molar-refractivity contribution is -0.123. The Labute approximate surface area is 178 Å². The second-order valence-electron chi connectivity index (χ2n) is 6.70. The summed E-state index contributed by atoms with van der Waals surface area (Å²) in [5.41, 5.74) is 1.42. The molecule has 0 aliphatic carbocycles. The van der Waals surface area contributed by atoms with Crippen LogP contribution in [0.2, 0.25) is 0 Å². The van der Waals surface area contributed by atoms with Crippen molar-refractivity contribution in [2.24, 2.45) is 7.05 Å². The summed E-state index contributed by atoms with van der Waals surface area (Å²) in [5, 5.41) is 2.61. The van der Waals surface area contributed by atoms with Gasteiger partial charge in [0.1, 0.15) is 5.69 Å². The van der Waals surface area contributed by atoms with E-state index in [-0.39, 0.29) is 11.2 Å². The molecule has 0 radical (unpaired) electrons. The summed E-state index contributed by atoms with van der Waals surface area (Å²) >= 11 is 1.56. The monoisotopic (exact) mass is 425 g/mol. The van der Waals surface area contributed by atoms with Crippen LogP contribution >= 0.6 is 11.8 Å². The van der Waals surface area contributed by atoms with Gasteiger partial charge in [-0.1, -0.05) is 18.2 Å². The van der Waals surface area contributed by atoms with Gasteiger partial charge in [-0.2, -0.15) is 0 Å². The van der Waals surface area contributed by atoms with Crippen LogP contribution in [0, 0.1) is 6.92 Å². The molecule has 0 saturated carbocycles. The molecule has 0 aliphatic rings. The van der Waals surface area contributed by atoms with E-state index in [0.717, 1.165) is 4.90 Å². The number of hydrogen-bond acceptors (Lipinski definition) is 5. The van der Waals surface area contributed by atoms with E-state index >= 15 is 0 Å². The van der Waals surface area contributed by atoms with Gasteiger partial charge in [-0.05, 0) is 56.5 Å². The van der Waals surface area contributed by atoms with Crippen molar-refractivity contribution in [1.29, 1.82) is 0 Å².